The van der Waals surface area contributed by atoms with Gasteiger partial charge in [-0.15, -0.1) is 0 Å². The fourth-order valence-corrected chi connectivity index (χ4v) is 5.78. The highest BCUT2D eigenvalue weighted by molar-refractivity contribution is 5.99. The van der Waals surface area contributed by atoms with E-state index in [1.807, 2.05) is 4.90 Å². The van der Waals surface area contributed by atoms with Crippen LogP contribution in [0.15, 0.2) is 17.7 Å². The zero-order chi connectivity index (χ0) is 23.0. The second-order valence-corrected chi connectivity index (χ2v) is 10.6. The summed E-state index contributed by atoms with van der Waals surface area (Å²) in [5.74, 6) is 1.28. The Balaban J connectivity index is 1.81. The molecule has 5 heteroatoms. The first-order valence-corrected chi connectivity index (χ1v) is 12.5. The Morgan fingerprint density at radius 1 is 1.22 bits per heavy atom. The topological polar surface area (TPSA) is 53.0 Å². The summed E-state index contributed by atoms with van der Waals surface area (Å²) in [6.07, 6.45) is 8.43. The molecule has 1 fully saturated rings. The third-order valence-electron chi connectivity index (χ3n) is 7.78. The highest BCUT2D eigenvalue weighted by atomic mass is 16.5. The van der Waals surface area contributed by atoms with E-state index in [1.165, 1.54) is 5.57 Å². The quantitative estimate of drug-likeness (QED) is 0.510. The van der Waals surface area contributed by atoms with Crippen LogP contribution in [0, 0.1) is 5.92 Å². The number of allylic oxidation sites excluding steroid dienone is 2. The molecule has 1 aromatic rings. The number of nitrogens with zero attached hydrogens (tertiary/aromatic N) is 2. The molecule has 3 aliphatic rings. The third-order valence-corrected chi connectivity index (χ3v) is 7.78. The molecule has 1 amide bonds. The van der Waals surface area contributed by atoms with E-state index in [0.29, 0.717) is 24.6 Å². The first-order valence-electron chi connectivity index (χ1n) is 12.5. The van der Waals surface area contributed by atoms with E-state index in [-0.39, 0.29) is 23.2 Å². The van der Waals surface area contributed by atoms with Crippen LogP contribution in [0.2, 0.25) is 0 Å². The molecular weight excluding hydrogens is 400 g/mol. The van der Waals surface area contributed by atoms with E-state index in [2.05, 4.69) is 51.8 Å². The fraction of sp³-hybridized carbons (Fsp3) is 0.667. The van der Waals surface area contributed by atoms with Crippen molar-refractivity contribution >= 4 is 5.91 Å². The fourth-order valence-electron chi connectivity index (χ4n) is 5.78. The zero-order valence-electron chi connectivity index (χ0n) is 20.5. The van der Waals surface area contributed by atoms with Crippen molar-refractivity contribution in [1.29, 1.82) is 0 Å². The first kappa shape index (κ1) is 23.2. The number of carbonyl (C=O) groups is 1. The number of aryl methyl sites for hydroxylation is 1. The van der Waals surface area contributed by atoms with E-state index in [1.54, 1.807) is 0 Å². The monoisotopic (exact) mass is 440 g/mol. The van der Waals surface area contributed by atoms with Gasteiger partial charge < -0.3 is 19.6 Å². The molecule has 2 unspecified atom stereocenters. The number of phenols is 1. The molecule has 2 aliphatic heterocycles. The maximum atomic E-state index is 13.7. The maximum Gasteiger partial charge on any atom is 0.257 e. The Labute approximate surface area is 193 Å². The van der Waals surface area contributed by atoms with Gasteiger partial charge in [0.2, 0.25) is 0 Å². The number of fused-ring (bicyclic) bond motifs is 3. The van der Waals surface area contributed by atoms with Crippen LogP contribution >= 0.6 is 0 Å². The van der Waals surface area contributed by atoms with E-state index in [9.17, 15) is 9.90 Å². The summed E-state index contributed by atoms with van der Waals surface area (Å²) in [6.45, 7) is 11.8. The van der Waals surface area contributed by atoms with Crippen LogP contribution in [0.3, 0.4) is 0 Å². The summed E-state index contributed by atoms with van der Waals surface area (Å²) in [6, 6.07) is 2.07. The maximum absolute atomic E-state index is 13.7. The van der Waals surface area contributed by atoms with Gasteiger partial charge in [-0.25, -0.2) is 0 Å². The number of hydrogen-bond donors (Lipinski definition) is 1. The lowest BCUT2D eigenvalue weighted by atomic mass is 9.67. The third kappa shape index (κ3) is 4.28. The molecule has 2 heterocycles. The molecule has 176 valence electrons. The number of hydrogen-bond acceptors (Lipinski definition) is 4. The molecule has 2 atom stereocenters. The van der Waals surface area contributed by atoms with Gasteiger partial charge in [0.1, 0.15) is 17.1 Å². The normalized spacial score (nSPS) is 24.9. The van der Waals surface area contributed by atoms with Crippen LogP contribution < -0.4 is 4.74 Å². The number of rotatable bonds is 5. The van der Waals surface area contributed by atoms with Crippen molar-refractivity contribution < 1.29 is 14.6 Å². The van der Waals surface area contributed by atoms with Gasteiger partial charge >= 0.3 is 0 Å². The lowest BCUT2D eigenvalue weighted by Gasteiger charge is -2.47. The van der Waals surface area contributed by atoms with Crippen molar-refractivity contribution in [1.82, 2.24) is 9.80 Å². The van der Waals surface area contributed by atoms with Crippen molar-refractivity contribution in [3.8, 4) is 11.5 Å². The van der Waals surface area contributed by atoms with Crippen LogP contribution in [0.25, 0.3) is 0 Å². The molecular formula is C27H40N2O3. The van der Waals surface area contributed by atoms with E-state index >= 15 is 0 Å². The standard InChI is InChI=1S/C27H40N2O3/c1-6-7-8-9-19-17-22-24(20-16-18(2)10-11-21(20)27(3,4)32-22)25(30)23(19)26(31)29-14-12-28(5)13-15-29/h16-17,20-21,30H,6-15H2,1-5H3. The van der Waals surface area contributed by atoms with Gasteiger partial charge in [0, 0.05) is 43.6 Å². The second-order valence-electron chi connectivity index (χ2n) is 10.6. The molecule has 0 radical (unpaired) electrons. The smallest absolute Gasteiger partial charge is 0.257 e. The number of ether oxygens (including phenoxy) is 1. The van der Waals surface area contributed by atoms with E-state index < -0.39 is 0 Å². The number of likely N-dealkylation sites (N-methyl/N-ethyl adjacent to an activating group) is 1. The van der Waals surface area contributed by atoms with Gasteiger partial charge in [0.25, 0.3) is 5.91 Å². The first-order chi connectivity index (χ1) is 15.2. The van der Waals surface area contributed by atoms with Gasteiger partial charge in [-0.3, -0.25) is 4.79 Å². The Hall–Kier alpha value is -2.01. The summed E-state index contributed by atoms with van der Waals surface area (Å²) in [5.41, 5.74) is 3.33. The minimum absolute atomic E-state index is 0.0252. The molecule has 4 rings (SSSR count). The number of piperazine rings is 1. The predicted molar refractivity (Wildman–Crippen MR) is 129 cm³/mol. The molecule has 0 spiro atoms. The van der Waals surface area contributed by atoms with Gasteiger partial charge in [0.05, 0.1) is 5.56 Å². The Morgan fingerprint density at radius 2 is 1.94 bits per heavy atom. The number of carbonyl (C=O) groups excluding carboxylic acids is 1. The van der Waals surface area contributed by atoms with Crippen LogP contribution in [-0.4, -0.2) is 59.6 Å². The Morgan fingerprint density at radius 3 is 2.62 bits per heavy atom. The van der Waals surface area contributed by atoms with Crippen molar-refractivity contribution in [2.24, 2.45) is 5.92 Å². The summed E-state index contributed by atoms with van der Waals surface area (Å²) >= 11 is 0. The van der Waals surface area contributed by atoms with Crippen molar-refractivity contribution in [3.05, 3.63) is 34.4 Å². The Kier molecular flexibility index (Phi) is 6.58. The summed E-state index contributed by atoms with van der Waals surface area (Å²) < 4.78 is 6.53. The van der Waals surface area contributed by atoms with Crippen LogP contribution in [0.4, 0.5) is 0 Å². The van der Waals surface area contributed by atoms with Gasteiger partial charge in [-0.2, -0.15) is 0 Å². The number of unbranched alkanes of at least 4 members (excludes halogenated alkanes) is 2. The second kappa shape index (κ2) is 9.09. The molecule has 0 bridgehead atoms. The summed E-state index contributed by atoms with van der Waals surface area (Å²) in [7, 11) is 2.09. The van der Waals surface area contributed by atoms with Crippen LogP contribution in [0.5, 0.6) is 11.5 Å². The molecule has 5 nitrogen and oxygen atoms in total. The summed E-state index contributed by atoms with van der Waals surface area (Å²) in [4.78, 5) is 17.9. The molecule has 1 aliphatic carbocycles. The van der Waals surface area contributed by atoms with Crippen LogP contribution in [-0.2, 0) is 6.42 Å². The largest absolute Gasteiger partial charge is 0.507 e. The highest BCUT2D eigenvalue weighted by Crippen LogP contribution is 2.54. The predicted octanol–water partition coefficient (Wildman–Crippen LogP) is 5.12. The molecule has 1 aromatic carbocycles. The number of amides is 1. The highest BCUT2D eigenvalue weighted by Gasteiger charge is 2.46. The Bertz CT molecular complexity index is 897. The van der Waals surface area contributed by atoms with Crippen LogP contribution in [0.1, 0.15) is 87.2 Å². The van der Waals surface area contributed by atoms with Crippen molar-refractivity contribution in [3.63, 3.8) is 0 Å². The van der Waals surface area contributed by atoms with Gasteiger partial charge in [-0.1, -0.05) is 31.4 Å². The summed E-state index contributed by atoms with van der Waals surface area (Å²) in [5, 5.41) is 11.7. The number of benzene rings is 1. The van der Waals surface area contributed by atoms with Crippen molar-refractivity contribution in [2.45, 2.75) is 77.7 Å². The zero-order valence-corrected chi connectivity index (χ0v) is 20.5. The SMILES string of the molecule is CCCCCc1cc2c(c(O)c1C(=O)N1CCN(C)CC1)C1C=C(C)CCC1C(C)(C)O2. The van der Waals surface area contributed by atoms with E-state index in [0.717, 1.165) is 68.5 Å². The molecule has 1 N–H and O–H groups in total. The minimum atomic E-state index is -0.301. The molecule has 0 aromatic heterocycles. The lowest BCUT2D eigenvalue weighted by Crippen LogP contribution is -2.47. The number of aromatic hydroxyl groups is 1. The van der Waals surface area contributed by atoms with E-state index in [4.69, 9.17) is 4.74 Å². The number of phenolic OH excluding ortho intramolecular Hbond substituents is 1. The lowest BCUT2D eigenvalue weighted by molar-refractivity contribution is 0.0106. The minimum Gasteiger partial charge on any atom is -0.507 e. The van der Waals surface area contributed by atoms with Gasteiger partial charge in [-0.05, 0) is 65.1 Å². The molecule has 0 saturated carbocycles. The van der Waals surface area contributed by atoms with Crippen molar-refractivity contribution in [2.75, 3.05) is 33.2 Å². The molecule has 1 saturated heterocycles. The average Bonchev–Trinajstić information content (AvgIpc) is 2.73. The molecule has 32 heavy (non-hydrogen) atoms. The average molecular weight is 441 g/mol. The van der Waals surface area contributed by atoms with Gasteiger partial charge in [0.15, 0.2) is 0 Å².